The lowest BCUT2D eigenvalue weighted by Gasteiger charge is -2.27. The number of hydrogen-bond acceptors (Lipinski definition) is 5. The minimum absolute atomic E-state index is 0.0378. The Kier molecular flexibility index (Phi) is 5.60. The van der Waals surface area contributed by atoms with E-state index in [2.05, 4.69) is 27.2 Å². The molecule has 1 fully saturated rings. The molecule has 1 saturated heterocycles. The van der Waals surface area contributed by atoms with E-state index in [1.807, 2.05) is 31.2 Å². The molecule has 0 aliphatic carbocycles. The maximum Gasteiger partial charge on any atom is 0.228 e. The number of carbonyl (C=O) groups is 1. The van der Waals surface area contributed by atoms with E-state index in [0.29, 0.717) is 12.4 Å². The monoisotopic (exact) mass is 340 g/mol. The van der Waals surface area contributed by atoms with Gasteiger partial charge in [-0.1, -0.05) is 12.1 Å². The van der Waals surface area contributed by atoms with Crippen molar-refractivity contribution in [2.75, 3.05) is 32.1 Å². The first kappa shape index (κ1) is 17.4. The molecule has 2 heterocycles. The molecule has 2 aromatic rings. The molecule has 0 atom stereocenters. The molecule has 132 valence electrons. The van der Waals surface area contributed by atoms with Crippen LogP contribution in [0.2, 0.25) is 0 Å². The molecule has 6 nitrogen and oxygen atoms in total. The topological polar surface area (TPSA) is 67.3 Å². The van der Waals surface area contributed by atoms with E-state index in [0.717, 1.165) is 42.9 Å². The highest BCUT2D eigenvalue weighted by Crippen LogP contribution is 2.29. The lowest BCUT2D eigenvalue weighted by Crippen LogP contribution is -2.36. The van der Waals surface area contributed by atoms with Crippen LogP contribution in [0.1, 0.15) is 19.8 Å². The SMILES string of the molecule is CCOc1ccccc1-c1cc(NC(=O)C2CCN(C)CC2)ncn1. The highest BCUT2D eigenvalue weighted by Gasteiger charge is 2.23. The standard InChI is InChI=1S/C19H24N4O2/c1-3-25-17-7-5-4-6-15(17)16-12-18(21-13-20-16)22-19(24)14-8-10-23(2)11-9-14/h4-7,12-14H,3,8-11H2,1-2H3,(H,20,21,22,24). The summed E-state index contributed by atoms with van der Waals surface area (Å²) in [6.07, 6.45) is 3.24. The van der Waals surface area contributed by atoms with Gasteiger partial charge >= 0.3 is 0 Å². The van der Waals surface area contributed by atoms with E-state index in [1.54, 1.807) is 6.07 Å². The third-order valence-electron chi connectivity index (χ3n) is 4.47. The number of anilines is 1. The summed E-state index contributed by atoms with van der Waals surface area (Å²) in [5.74, 6) is 1.39. The minimum atomic E-state index is 0.0378. The van der Waals surface area contributed by atoms with Gasteiger partial charge in [0, 0.05) is 17.5 Å². The number of rotatable bonds is 5. The fourth-order valence-corrected chi connectivity index (χ4v) is 3.03. The molecule has 0 spiro atoms. The van der Waals surface area contributed by atoms with Gasteiger partial charge in [0.1, 0.15) is 17.9 Å². The summed E-state index contributed by atoms with van der Waals surface area (Å²) in [5.41, 5.74) is 1.62. The van der Waals surface area contributed by atoms with Gasteiger partial charge in [0.2, 0.25) is 5.91 Å². The first-order chi connectivity index (χ1) is 12.2. The van der Waals surface area contributed by atoms with Crippen LogP contribution in [-0.4, -0.2) is 47.5 Å². The smallest absolute Gasteiger partial charge is 0.228 e. The molecule has 1 aromatic heterocycles. The van der Waals surface area contributed by atoms with Gasteiger partial charge < -0.3 is 15.0 Å². The molecule has 0 bridgehead atoms. The Bertz CT molecular complexity index is 727. The first-order valence-electron chi connectivity index (χ1n) is 8.71. The molecule has 6 heteroatoms. The summed E-state index contributed by atoms with van der Waals surface area (Å²) < 4.78 is 5.67. The zero-order valence-corrected chi connectivity index (χ0v) is 14.7. The molecule has 1 aliphatic rings. The largest absolute Gasteiger partial charge is 0.493 e. The van der Waals surface area contributed by atoms with Crippen LogP contribution in [0, 0.1) is 5.92 Å². The predicted octanol–water partition coefficient (Wildman–Crippen LogP) is 2.82. The average Bonchev–Trinajstić information content (AvgIpc) is 2.63. The van der Waals surface area contributed by atoms with Gasteiger partial charge in [0.25, 0.3) is 0 Å². The molecule has 1 N–H and O–H groups in total. The number of piperidine rings is 1. The van der Waals surface area contributed by atoms with Gasteiger partial charge in [-0.3, -0.25) is 4.79 Å². The molecule has 0 saturated carbocycles. The van der Waals surface area contributed by atoms with Crippen molar-refractivity contribution >= 4 is 11.7 Å². The Morgan fingerprint density at radius 1 is 1.28 bits per heavy atom. The lowest BCUT2D eigenvalue weighted by atomic mass is 9.96. The van der Waals surface area contributed by atoms with Crippen molar-refractivity contribution in [1.82, 2.24) is 14.9 Å². The average molecular weight is 340 g/mol. The van der Waals surface area contributed by atoms with Crippen molar-refractivity contribution in [3.63, 3.8) is 0 Å². The number of nitrogens with zero attached hydrogens (tertiary/aromatic N) is 3. The van der Waals surface area contributed by atoms with Crippen molar-refractivity contribution in [3.8, 4) is 17.0 Å². The van der Waals surface area contributed by atoms with E-state index >= 15 is 0 Å². The quantitative estimate of drug-likeness (QED) is 0.906. The van der Waals surface area contributed by atoms with Crippen LogP contribution in [-0.2, 0) is 4.79 Å². The molecule has 1 aliphatic heterocycles. The van der Waals surface area contributed by atoms with Crippen molar-refractivity contribution in [2.24, 2.45) is 5.92 Å². The van der Waals surface area contributed by atoms with Crippen LogP contribution < -0.4 is 10.1 Å². The van der Waals surface area contributed by atoms with Gasteiger partial charge in [-0.05, 0) is 52.0 Å². The second kappa shape index (κ2) is 8.07. The number of ether oxygens (including phenoxy) is 1. The van der Waals surface area contributed by atoms with Crippen LogP contribution in [0.25, 0.3) is 11.3 Å². The molecular weight excluding hydrogens is 316 g/mol. The van der Waals surface area contributed by atoms with Crippen LogP contribution in [0.15, 0.2) is 36.7 Å². The fourth-order valence-electron chi connectivity index (χ4n) is 3.03. The number of carbonyl (C=O) groups excluding carboxylic acids is 1. The molecule has 0 unspecified atom stereocenters. The molecule has 0 radical (unpaired) electrons. The van der Waals surface area contributed by atoms with Crippen LogP contribution >= 0.6 is 0 Å². The molecule has 3 rings (SSSR count). The van der Waals surface area contributed by atoms with Crippen molar-refractivity contribution in [2.45, 2.75) is 19.8 Å². The third-order valence-corrected chi connectivity index (χ3v) is 4.47. The van der Waals surface area contributed by atoms with E-state index < -0.39 is 0 Å². The number of amides is 1. The second-order valence-corrected chi connectivity index (χ2v) is 6.28. The van der Waals surface area contributed by atoms with Crippen molar-refractivity contribution in [3.05, 3.63) is 36.7 Å². The highest BCUT2D eigenvalue weighted by atomic mass is 16.5. The van der Waals surface area contributed by atoms with Gasteiger partial charge in [-0.2, -0.15) is 0 Å². The Labute approximate surface area is 148 Å². The summed E-state index contributed by atoms with van der Waals surface area (Å²) in [6.45, 7) is 4.44. The lowest BCUT2D eigenvalue weighted by molar-refractivity contribution is -0.121. The van der Waals surface area contributed by atoms with E-state index in [4.69, 9.17) is 4.74 Å². The first-order valence-corrected chi connectivity index (χ1v) is 8.71. The van der Waals surface area contributed by atoms with Crippen LogP contribution in [0.5, 0.6) is 5.75 Å². The number of hydrogen-bond donors (Lipinski definition) is 1. The number of aromatic nitrogens is 2. The van der Waals surface area contributed by atoms with Crippen molar-refractivity contribution < 1.29 is 9.53 Å². The maximum absolute atomic E-state index is 12.5. The number of nitrogens with one attached hydrogen (secondary N) is 1. The maximum atomic E-state index is 12.5. The molecule has 1 aromatic carbocycles. The highest BCUT2D eigenvalue weighted by molar-refractivity contribution is 5.92. The Morgan fingerprint density at radius 2 is 2.04 bits per heavy atom. The number of likely N-dealkylation sites (tertiary alicyclic amines) is 1. The Morgan fingerprint density at radius 3 is 2.80 bits per heavy atom. The fraction of sp³-hybridized carbons (Fsp3) is 0.421. The van der Waals surface area contributed by atoms with Crippen LogP contribution in [0.4, 0.5) is 5.82 Å². The van der Waals surface area contributed by atoms with Gasteiger partial charge in [-0.25, -0.2) is 9.97 Å². The van der Waals surface area contributed by atoms with Crippen molar-refractivity contribution in [1.29, 1.82) is 0 Å². The second-order valence-electron chi connectivity index (χ2n) is 6.28. The predicted molar refractivity (Wildman–Crippen MR) is 97.5 cm³/mol. The molecule has 25 heavy (non-hydrogen) atoms. The zero-order valence-electron chi connectivity index (χ0n) is 14.7. The zero-order chi connectivity index (χ0) is 17.6. The van der Waals surface area contributed by atoms with Gasteiger partial charge in [0.05, 0.1) is 12.3 Å². The van der Waals surface area contributed by atoms with E-state index in [1.165, 1.54) is 6.33 Å². The third kappa shape index (κ3) is 4.33. The summed E-state index contributed by atoms with van der Waals surface area (Å²) in [4.78, 5) is 23.3. The number of para-hydroxylation sites is 1. The van der Waals surface area contributed by atoms with Crippen LogP contribution in [0.3, 0.4) is 0 Å². The Hall–Kier alpha value is -2.47. The summed E-state index contributed by atoms with van der Waals surface area (Å²) in [7, 11) is 2.08. The van der Waals surface area contributed by atoms with E-state index in [-0.39, 0.29) is 11.8 Å². The summed E-state index contributed by atoms with van der Waals surface area (Å²) in [6, 6.07) is 9.54. The summed E-state index contributed by atoms with van der Waals surface area (Å²) in [5, 5.41) is 2.94. The van der Waals surface area contributed by atoms with Gasteiger partial charge in [0.15, 0.2) is 0 Å². The molecular formula is C19H24N4O2. The minimum Gasteiger partial charge on any atom is -0.493 e. The van der Waals surface area contributed by atoms with E-state index in [9.17, 15) is 4.79 Å². The van der Waals surface area contributed by atoms with Gasteiger partial charge in [-0.15, -0.1) is 0 Å². The Balaban J connectivity index is 1.75. The number of benzene rings is 1. The molecule has 1 amide bonds. The summed E-state index contributed by atoms with van der Waals surface area (Å²) >= 11 is 0. The normalized spacial score (nSPS) is 15.8.